The van der Waals surface area contributed by atoms with Crippen molar-refractivity contribution < 1.29 is 0 Å². The molecule has 4 atom stereocenters. The number of unbranched alkanes of at least 4 members (excludes halogenated alkanes) is 1. The molecule has 4 aliphatic carbocycles. The van der Waals surface area contributed by atoms with E-state index in [0.29, 0.717) is 0 Å². The normalized spacial score (nSPS) is 44.8. The second-order valence-corrected chi connectivity index (χ2v) is 15.3. The van der Waals surface area contributed by atoms with E-state index in [0.717, 1.165) is 22.7 Å². The van der Waals surface area contributed by atoms with Crippen LogP contribution in [0.15, 0.2) is 0 Å². The van der Waals surface area contributed by atoms with E-state index in [1.807, 2.05) is 0 Å². The van der Waals surface area contributed by atoms with Crippen LogP contribution in [-0.4, -0.2) is 8.07 Å². The Kier molecular flexibility index (Phi) is 3.44. The Hall–Kier alpha value is 0.217. The van der Waals surface area contributed by atoms with Crippen LogP contribution >= 0.6 is 0 Å². The minimum Gasteiger partial charge on any atom is -0.0695 e. The van der Waals surface area contributed by atoms with Crippen LogP contribution in [-0.2, 0) is 0 Å². The second kappa shape index (κ2) is 4.61. The van der Waals surface area contributed by atoms with Crippen molar-refractivity contribution >= 4 is 8.07 Å². The van der Waals surface area contributed by atoms with Gasteiger partial charge in [0.1, 0.15) is 0 Å². The largest absolute Gasteiger partial charge is 0.0695 e. The monoisotopic (exact) mass is 278 g/mol. The van der Waals surface area contributed by atoms with Crippen LogP contribution in [0, 0.1) is 22.7 Å². The van der Waals surface area contributed by atoms with Crippen LogP contribution < -0.4 is 0 Å². The molecule has 4 fully saturated rings. The smallest absolute Gasteiger partial charge is 0.0448 e. The van der Waals surface area contributed by atoms with Gasteiger partial charge in [-0.2, -0.15) is 0 Å². The molecule has 0 N–H and O–H groups in total. The lowest BCUT2D eigenvalue weighted by molar-refractivity contribution is -0.106. The van der Waals surface area contributed by atoms with Crippen LogP contribution in [0.3, 0.4) is 0 Å². The number of rotatable bonds is 5. The molecule has 0 aromatic rings. The van der Waals surface area contributed by atoms with Crippen molar-refractivity contribution in [3.8, 4) is 0 Å². The lowest BCUT2D eigenvalue weighted by Crippen LogP contribution is -2.53. The lowest BCUT2D eigenvalue weighted by atomic mass is 9.44. The molecule has 4 rings (SSSR count). The Bertz CT molecular complexity index is 324. The zero-order chi connectivity index (χ0) is 13.7. The number of hydrogen-bond donors (Lipinski definition) is 0. The third kappa shape index (κ3) is 2.82. The predicted octanol–water partition coefficient (Wildman–Crippen LogP) is 6.10. The predicted molar refractivity (Wildman–Crippen MR) is 87.2 cm³/mol. The summed E-state index contributed by atoms with van der Waals surface area (Å²) in [5.41, 5.74) is 1.61. The Morgan fingerprint density at radius 1 is 0.947 bits per heavy atom. The van der Waals surface area contributed by atoms with Crippen molar-refractivity contribution in [2.75, 3.05) is 0 Å². The minimum absolute atomic E-state index is 0.805. The average Bonchev–Trinajstić information content (AvgIpc) is 2.21. The van der Waals surface area contributed by atoms with Crippen molar-refractivity contribution in [2.24, 2.45) is 22.7 Å². The SMILES string of the molecule is CCCCC12C[C@H]3C[C@@H](C1)CC(C[Si](C)(C)C)(C3)C2. The standard InChI is InChI=1S/C18H34Si/c1-5-6-7-17-9-15-8-16(10-17)12-18(11-15,13-17)14-19(2,3)4/h15-16H,5-14H2,1-4H3/t15-,16+,17?,18?. The average molecular weight is 279 g/mol. The molecule has 4 saturated carbocycles. The van der Waals surface area contributed by atoms with Gasteiger partial charge in [0.25, 0.3) is 0 Å². The molecule has 19 heavy (non-hydrogen) atoms. The fourth-order valence-corrected chi connectivity index (χ4v) is 9.49. The molecule has 0 radical (unpaired) electrons. The zero-order valence-corrected chi connectivity index (χ0v) is 14.7. The summed E-state index contributed by atoms with van der Waals surface area (Å²) in [7, 11) is -0.907. The van der Waals surface area contributed by atoms with Crippen molar-refractivity contribution in [1.82, 2.24) is 0 Å². The van der Waals surface area contributed by atoms with E-state index >= 15 is 0 Å². The van der Waals surface area contributed by atoms with Gasteiger partial charge in [0.2, 0.25) is 0 Å². The quantitative estimate of drug-likeness (QED) is 0.533. The van der Waals surface area contributed by atoms with E-state index in [9.17, 15) is 0 Å². The number of hydrogen-bond acceptors (Lipinski definition) is 0. The van der Waals surface area contributed by atoms with Gasteiger partial charge >= 0.3 is 0 Å². The van der Waals surface area contributed by atoms with Gasteiger partial charge in [-0.15, -0.1) is 0 Å². The van der Waals surface area contributed by atoms with Gasteiger partial charge < -0.3 is 0 Å². The molecular formula is C18H34Si. The van der Waals surface area contributed by atoms with Crippen molar-refractivity contribution in [1.29, 1.82) is 0 Å². The van der Waals surface area contributed by atoms with Crippen molar-refractivity contribution in [3.63, 3.8) is 0 Å². The fourth-order valence-electron chi connectivity index (χ4n) is 6.83. The summed E-state index contributed by atoms with van der Waals surface area (Å²) >= 11 is 0. The fraction of sp³-hybridized carbons (Fsp3) is 1.00. The van der Waals surface area contributed by atoms with Gasteiger partial charge in [-0.3, -0.25) is 0 Å². The van der Waals surface area contributed by atoms with Gasteiger partial charge in [-0.1, -0.05) is 45.5 Å². The van der Waals surface area contributed by atoms with Crippen LogP contribution in [0.2, 0.25) is 25.7 Å². The van der Waals surface area contributed by atoms with Crippen LogP contribution in [0.4, 0.5) is 0 Å². The van der Waals surface area contributed by atoms with Crippen molar-refractivity contribution in [3.05, 3.63) is 0 Å². The molecule has 1 heteroatoms. The highest BCUT2D eigenvalue weighted by atomic mass is 28.3. The van der Waals surface area contributed by atoms with Crippen molar-refractivity contribution in [2.45, 2.75) is 90.4 Å². The third-order valence-electron chi connectivity index (χ3n) is 6.27. The first-order valence-corrected chi connectivity index (χ1v) is 12.5. The van der Waals surface area contributed by atoms with E-state index < -0.39 is 8.07 Å². The molecule has 0 aliphatic heterocycles. The molecule has 0 aromatic heterocycles. The summed E-state index contributed by atoms with van der Waals surface area (Å²) in [6, 6.07) is 1.63. The van der Waals surface area contributed by atoms with Gasteiger partial charge in [0.05, 0.1) is 0 Å². The van der Waals surface area contributed by atoms with E-state index in [1.165, 1.54) is 12.8 Å². The summed E-state index contributed by atoms with van der Waals surface area (Å²) in [6.07, 6.45) is 14.1. The molecule has 0 spiro atoms. The Morgan fingerprint density at radius 2 is 1.53 bits per heavy atom. The minimum atomic E-state index is -0.907. The van der Waals surface area contributed by atoms with Crippen LogP contribution in [0.25, 0.3) is 0 Å². The van der Waals surface area contributed by atoms with Crippen LogP contribution in [0.5, 0.6) is 0 Å². The van der Waals surface area contributed by atoms with E-state index in [2.05, 4.69) is 26.6 Å². The maximum Gasteiger partial charge on any atom is 0.0448 e. The Morgan fingerprint density at radius 3 is 2.05 bits per heavy atom. The summed E-state index contributed by atoms with van der Waals surface area (Å²) in [5.74, 6) is 2.24. The first-order valence-electron chi connectivity index (χ1n) is 8.84. The van der Waals surface area contributed by atoms with Gasteiger partial charge in [0, 0.05) is 8.07 Å². The molecule has 0 amide bonds. The summed E-state index contributed by atoms with van der Waals surface area (Å²) in [4.78, 5) is 0. The van der Waals surface area contributed by atoms with Crippen LogP contribution in [0.1, 0.15) is 64.7 Å². The molecular weight excluding hydrogens is 244 g/mol. The van der Waals surface area contributed by atoms with E-state index in [-0.39, 0.29) is 0 Å². The van der Waals surface area contributed by atoms with E-state index in [1.54, 1.807) is 51.0 Å². The molecule has 4 aliphatic rings. The highest BCUT2D eigenvalue weighted by Gasteiger charge is 2.57. The Balaban J connectivity index is 1.80. The second-order valence-electron chi connectivity index (χ2n) is 9.80. The first kappa shape index (κ1) is 14.2. The summed E-state index contributed by atoms with van der Waals surface area (Å²) < 4.78 is 0. The van der Waals surface area contributed by atoms with Gasteiger partial charge in [-0.25, -0.2) is 0 Å². The maximum atomic E-state index is 2.60. The molecule has 0 saturated heterocycles. The van der Waals surface area contributed by atoms with Gasteiger partial charge in [0.15, 0.2) is 0 Å². The Labute approximate surface area is 121 Å². The molecule has 0 heterocycles. The molecule has 4 bridgehead atoms. The highest BCUT2D eigenvalue weighted by Crippen LogP contribution is 2.68. The maximum absolute atomic E-state index is 2.60. The molecule has 110 valence electrons. The molecule has 0 nitrogen and oxygen atoms in total. The summed E-state index contributed by atoms with van der Waals surface area (Å²) in [6.45, 7) is 10.2. The van der Waals surface area contributed by atoms with E-state index in [4.69, 9.17) is 0 Å². The first-order chi connectivity index (χ1) is 8.84. The van der Waals surface area contributed by atoms with Gasteiger partial charge in [-0.05, 0) is 67.6 Å². The molecule has 2 unspecified atom stereocenters. The third-order valence-corrected chi connectivity index (χ3v) is 8.08. The zero-order valence-electron chi connectivity index (χ0n) is 13.7. The highest BCUT2D eigenvalue weighted by molar-refractivity contribution is 6.76. The topological polar surface area (TPSA) is 0 Å². The molecule has 0 aromatic carbocycles. The summed E-state index contributed by atoms with van der Waals surface area (Å²) in [5, 5.41) is 0. The lowest BCUT2D eigenvalue weighted by Gasteiger charge is -2.63.